The number of carbonyl (C=O) groups excluding carboxylic acids is 1. The Morgan fingerprint density at radius 2 is 2.00 bits per heavy atom. The molecule has 0 aliphatic carbocycles. The minimum Gasteiger partial charge on any atom is -0.492 e. The molecule has 0 amide bonds. The lowest BCUT2D eigenvalue weighted by Gasteiger charge is -2.08. The SMILES string of the molecule is O=C(O)CCCCC(=O)c1cc(Br)cc2c1OCC2. The lowest BCUT2D eigenvalue weighted by atomic mass is 10.0. The van der Waals surface area contributed by atoms with E-state index in [0.717, 1.165) is 16.5 Å². The fourth-order valence-electron chi connectivity index (χ4n) is 2.17. The Morgan fingerprint density at radius 1 is 1.26 bits per heavy atom. The van der Waals surface area contributed by atoms with E-state index in [4.69, 9.17) is 9.84 Å². The molecule has 0 bridgehead atoms. The third-order valence-electron chi connectivity index (χ3n) is 3.09. The Hall–Kier alpha value is -1.36. The van der Waals surface area contributed by atoms with Crippen LogP contribution in [0, 0.1) is 0 Å². The van der Waals surface area contributed by atoms with Crippen molar-refractivity contribution >= 4 is 27.7 Å². The molecule has 1 heterocycles. The molecule has 0 saturated heterocycles. The van der Waals surface area contributed by atoms with Gasteiger partial charge in [0.2, 0.25) is 0 Å². The number of hydrogen-bond donors (Lipinski definition) is 1. The molecule has 19 heavy (non-hydrogen) atoms. The summed E-state index contributed by atoms with van der Waals surface area (Å²) in [6.07, 6.45) is 2.42. The van der Waals surface area contributed by atoms with Crippen molar-refractivity contribution in [1.29, 1.82) is 0 Å². The lowest BCUT2D eigenvalue weighted by molar-refractivity contribution is -0.137. The molecule has 1 aliphatic rings. The van der Waals surface area contributed by atoms with Crippen molar-refractivity contribution in [2.75, 3.05) is 6.61 Å². The second kappa shape index (κ2) is 6.19. The van der Waals surface area contributed by atoms with Gasteiger partial charge in [-0.05, 0) is 30.5 Å². The zero-order valence-electron chi connectivity index (χ0n) is 10.4. The molecule has 1 N–H and O–H groups in total. The maximum absolute atomic E-state index is 12.2. The Kier molecular flexibility index (Phi) is 4.58. The van der Waals surface area contributed by atoms with Crippen LogP contribution in [-0.4, -0.2) is 23.5 Å². The fraction of sp³-hybridized carbons (Fsp3) is 0.429. The van der Waals surface area contributed by atoms with Crippen LogP contribution in [0.25, 0.3) is 0 Å². The van der Waals surface area contributed by atoms with Crippen LogP contribution < -0.4 is 4.74 Å². The topological polar surface area (TPSA) is 63.6 Å². The number of ether oxygens (including phenoxy) is 1. The first-order chi connectivity index (χ1) is 9.08. The molecule has 2 rings (SSSR count). The highest BCUT2D eigenvalue weighted by Crippen LogP contribution is 2.33. The molecule has 0 radical (unpaired) electrons. The molecule has 0 unspecified atom stereocenters. The molecule has 0 atom stereocenters. The number of hydrogen-bond acceptors (Lipinski definition) is 3. The summed E-state index contributed by atoms with van der Waals surface area (Å²) in [5, 5.41) is 8.55. The van der Waals surface area contributed by atoms with Gasteiger partial charge in [-0.3, -0.25) is 9.59 Å². The number of carbonyl (C=O) groups is 2. The van der Waals surface area contributed by atoms with Gasteiger partial charge in [-0.15, -0.1) is 0 Å². The second-order valence-corrected chi connectivity index (χ2v) is 5.48. The van der Waals surface area contributed by atoms with E-state index < -0.39 is 5.97 Å². The largest absolute Gasteiger partial charge is 0.492 e. The number of Topliss-reactive ketones (excluding diaryl/α,β-unsaturated/α-hetero) is 1. The van der Waals surface area contributed by atoms with Crippen LogP contribution in [0.5, 0.6) is 5.75 Å². The summed E-state index contributed by atoms with van der Waals surface area (Å²) >= 11 is 3.40. The summed E-state index contributed by atoms with van der Waals surface area (Å²) in [5.74, 6) is -0.101. The van der Waals surface area contributed by atoms with Gasteiger partial charge in [0.05, 0.1) is 12.2 Å². The number of carboxylic acids is 1. The summed E-state index contributed by atoms with van der Waals surface area (Å²) in [6.45, 7) is 0.616. The normalized spacial score (nSPS) is 12.9. The highest BCUT2D eigenvalue weighted by molar-refractivity contribution is 9.10. The Bertz CT molecular complexity index is 510. The average Bonchev–Trinajstić information content (AvgIpc) is 2.80. The number of ketones is 1. The van der Waals surface area contributed by atoms with E-state index in [0.29, 0.717) is 37.2 Å². The summed E-state index contributed by atoms with van der Waals surface area (Å²) in [4.78, 5) is 22.6. The molecule has 0 aromatic heterocycles. The second-order valence-electron chi connectivity index (χ2n) is 4.56. The zero-order valence-corrected chi connectivity index (χ0v) is 12.0. The Balaban J connectivity index is 2.01. The van der Waals surface area contributed by atoms with E-state index in [1.54, 1.807) is 6.07 Å². The van der Waals surface area contributed by atoms with E-state index in [9.17, 15) is 9.59 Å². The van der Waals surface area contributed by atoms with Crippen molar-refractivity contribution in [2.24, 2.45) is 0 Å². The number of halogens is 1. The molecular weight excluding hydrogens is 312 g/mol. The molecule has 1 aromatic carbocycles. The standard InChI is InChI=1S/C14H15BrO4/c15-10-7-9-5-6-19-14(9)11(8-10)12(16)3-1-2-4-13(17)18/h7-8H,1-6H2,(H,17,18). The molecule has 0 spiro atoms. The molecular formula is C14H15BrO4. The van der Waals surface area contributed by atoms with Crippen LogP contribution in [0.2, 0.25) is 0 Å². The first kappa shape index (κ1) is 14.1. The van der Waals surface area contributed by atoms with Crippen LogP contribution in [0.3, 0.4) is 0 Å². The number of fused-ring (bicyclic) bond motifs is 1. The minimum absolute atomic E-state index is 0.0184. The van der Waals surface area contributed by atoms with Gasteiger partial charge in [0.15, 0.2) is 5.78 Å². The number of rotatable bonds is 6. The highest BCUT2D eigenvalue weighted by atomic mass is 79.9. The van der Waals surface area contributed by atoms with Gasteiger partial charge in [-0.1, -0.05) is 15.9 Å². The van der Waals surface area contributed by atoms with Gasteiger partial charge in [0.1, 0.15) is 5.75 Å². The zero-order chi connectivity index (χ0) is 13.8. The average molecular weight is 327 g/mol. The minimum atomic E-state index is -0.820. The van der Waals surface area contributed by atoms with Gasteiger partial charge >= 0.3 is 5.97 Å². The number of carboxylic acid groups (broad SMARTS) is 1. The molecule has 1 aromatic rings. The molecule has 102 valence electrons. The predicted molar refractivity (Wildman–Crippen MR) is 73.8 cm³/mol. The summed E-state index contributed by atoms with van der Waals surface area (Å²) in [5.41, 5.74) is 1.67. The van der Waals surface area contributed by atoms with E-state index >= 15 is 0 Å². The van der Waals surface area contributed by atoms with E-state index in [1.165, 1.54) is 0 Å². The maximum Gasteiger partial charge on any atom is 0.303 e. The summed E-state index contributed by atoms with van der Waals surface area (Å²) in [6, 6.07) is 3.76. The summed E-state index contributed by atoms with van der Waals surface area (Å²) < 4.78 is 6.39. The lowest BCUT2D eigenvalue weighted by Crippen LogP contribution is -2.03. The van der Waals surface area contributed by atoms with Gasteiger partial charge in [-0.2, -0.15) is 0 Å². The van der Waals surface area contributed by atoms with Crippen LogP contribution in [0.1, 0.15) is 41.6 Å². The molecule has 1 aliphatic heterocycles. The number of aliphatic carboxylic acids is 1. The van der Waals surface area contributed by atoms with Crippen molar-refractivity contribution in [2.45, 2.75) is 32.1 Å². The van der Waals surface area contributed by atoms with Crippen LogP contribution in [0.15, 0.2) is 16.6 Å². The van der Waals surface area contributed by atoms with Gasteiger partial charge in [0, 0.05) is 23.7 Å². The van der Waals surface area contributed by atoms with Gasteiger partial charge in [-0.25, -0.2) is 0 Å². The third kappa shape index (κ3) is 3.56. The first-order valence-electron chi connectivity index (χ1n) is 6.28. The van der Waals surface area contributed by atoms with Crippen molar-refractivity contribution in [3.63, 3.8) is 0 Å². The molecule has 5 heteroatoms. The molecule has 0 fully saturated rings. The number of benzene rings is 1. The fourth-order valence-corrected chi connectivity index (χ4v) is 2.68. The van der Waals surface area contributed by atoms with Gasteiger partial charge in [0.25, 0.3) is 0 Å². The Labute approximate surface area is 119 Å². The van der Waals surface area contributed by atoms with E-state index in [1.807, 2.05) is 6.07 Å². The Morgan fingerprint density at radius 3 is 2.74 bits per heavy atom. The number of unbranched alkanes of at least 4 members (excludes halogenated alkanes) is 1. The summed E-state index contributed by atoms with van der Waals surface area (Å²) in [7, 11) is 0. The highest BCUT2D eigenvalue weighted by Gasteiger charge is 2.21. The monoisotopic (exact) mass is 326 g/mol. The van der Waals surface area contributed by atoms with Crippen LogP contribution in [-0.2, 0) is 11.2 Å². The first-order valence-corrected chi connectivity index (χ1v) is 7.07. The van der Waals surface area contributed by atoms with Gasteiger partial charge < -0.3 is 9.84 Å². The molecule has 4 nitrogen and oxygen atoms in total. The van der Waals surface area contributed by atoms with Crippen molar-refractivity contribution in [3.8, 4) is 5.75 Å². The third-order valence-corrected chi connectivity index (χ3v) is 3.55. The van der Waals surface area contributed by atoms with E-state index in [-0.39, 0.29) is 12.2 Å². The van der Waals surface area contributed by atoms with Crippen molar-refractivity contribution in [1.82, 2.24) is 0 Å². The maximum atomic E-state index is 12.2. The predicted octanol–water partition coefficient (Wildman–Crippen LogP) is 3.21. The van der Waals surface area contributed by atoms with Crippen molar-refractivity contribution < 1.29 is 19.4 Å². The quantitative estimate of drug-likeness (QED) is 0.644. The molecule has 0 saturated carbocycles. The van der Waals surface area contributed by atoms with Crippen LogP contribution >= 0.6 is 15.9 Å². The van der Waals surface area contributed by atoms with E-state index in [2.05, 4.69) is 15.9 Å². The smallest absolute Gasteiger partial charge is 0.303 e. The van der Waals surface area contributed by atoms with Crippen molar-refractivity contribution in [3.05, 3.63) is 27.7 Å². The van der Waals surface area contributed by atoms with Crippen LogP contribution in [0.4, 0.5) is 0 Å².